The average molecular weight is 229 g/mol. The SMILES string of the molecule is N#C[C@]1(C(=O)O)C[C@@H]2C[C@@H]2N1C(=O)CCl. The quantitative estimate of drug-likeness (QED) is 0.685. The Hall–Kier alpha value is -1.28. The van der Waals surface area contributed by atoms with Crippen LogP contribution in [0.1, 0.15) is 12.8 Å². The first kappa shape index (κ1) is 10.2. The van der Waals surface area contributed by atoms with Crippen molar-refractivity contribution in [2.75, 3.05) is 5.88 Å². The molecule has 6 heteroatoms. The van der Waals surface area contributed by atoms with Crippen molar-refractivity contribution >= 4 is 23.5 Å². The number of carboxylic acid groups (broad SMARTS) is 1. The van der Waals surface area contributed by atoms with E-state index in [0.717, 1.165) is 11.3 Å². The summed E-state index contributed by atoms with van der Waals surface area (Å²) in [5, 5.41) is 18.0. The minimum absolute atomic E-state index is 0.0907. The van der Waals surface area contributed by atoms with Crippen molar-refractivity contribution in [1.29, 1.82) is 5.26 Å². The molecule has 0 aromatic heterocycles. The highest BCUT2D eigenvalue weighted by atomic mass is 35.5. The summed E-state index contributed by atoms with van der Waals surface area (Å²) < 4.78 is 0. The van der Waals surface area contributed by atoms with Crippen LogP contribution in [-0.4, -0.2) is 39.3 Å². The van der Waals surface area contributed by atoms with Gasteiger partial charge in [0.2, 0.25) is 11.4 Å². The number of halogens is 1. The molecule has 2 fully saturated rings. The summed E-state index contributed by atoms with van der Waals surface area (Å²) in [7, 11) is 0. The van der Waals surface area contributed by atoms with E-state index in [9.17, 15) is 9.59 Å². The van der Waals surface area contributed by atoms with Crippen LogP contribution < -0.4 is 0 Å². The highest BCUT2D eigenvalue weighted by molar-refractivity contribution is 6.27. The van der Waals surface area contributed by atoms with Gasteiger partial charge in [-0.15, -0.1) is 11.6 Å². The van der Waals surface area contributed by atoms with E-state index in [0.29, 0.717) is 0 Å². The standard InChI is InChI=1S/C9H9ClN2O3/c10-3-7(13)12-6-1-5(6)2-9(12,4-11)8(14)15/h5-6H,1-3H2,(H,14,15)/t5-,6-,9-/m0/s1. The van der Waals surface area contributed by atoms with Crippen molar-refractivity contribution in [3.05, 3.63) is 0 Å². The third-order valence-corrected chi connectivity index (χ3v) is 3.34. The van der Waals surface area contributed by atoms with Crippen LogP contribution in [0.15, 0.2) is 0 Å². The van der Waals surface area contributed by atoms with Crippen molar-refractivity contribution in [3.63, 3.8) is 0 Å². The molecule has 2 rings (SSSR count). The van der Waals surface area contributed by atoms with Crippen LogP contribution in [0.2, 0.25) is 0 Å². The molecule has 3 atom stereocenters. The molecule has 1 aliphatic carbocycles. The van der Waals surface area contributed by atoms with Crippen molar-refractivity contribution < 1.29 is 14.7 Å². The molecule has 1 aliphatic heterocycles. The number of piperidine rings is 1. The molecule has 80 valence electrons. The van der Waals surface area contributed by atoms with Gasteiger partial charge in [-0.3, -0.25) is 4.79 Å². The van der Waals surface area contributed by atoms with Gasteiger partial charge in [0.05, 0.1) is 0 Å². The van der Waals surface area contributed by atoms with Crippen LogP contribution >= 0.6 is 11.6 Å². The Morgan fingerprint density at radius 2 is 2.33 bits per heavy atom. The van der Waals surface area contributed by atoms with E-state index >= 15 is 0 Å². The topological polar surface area (TPSA) is 81.4 Å². The Kier molecular flexibility index (Phi) is 2.12. The molecule has 0 unspecified atom stereocenters. The summed E-state index contributed by atoms with van der Waals surface area (Å²) in [5.74, 6) is -1.84. The number of amides is 1. The number of hydrogen-bond acceptors (Lipinski definition) is 3. The van der Waals surface area contributed by atoms with E-state index in [1.54, 1.807) is 6.07 Å². The number of carboxylic acids is 1. The fourth-order valence-electron chi connectivity index (χ4n) is 2.33. The van der Waals surface area contributed by atoms with Gasteiger partial charge in [-0.25, -0.2) is 4.79 Å². The summed E-state index contributed by atoms with van der Waals surface area (Å²) in [6.45, 7) is 0. The lowest BCUT2D eigenvalue weighted by Gasteiger charge is -2.30. The Bertz CT molecular complexity index is 378. The minimum atomic E-state index is -1.68. The van der Waals surface area contributed by atoms with Crippen LogP contribution in [0, 0.1) is 17.2 Å². The maximum absolute atomic E-state index is 11.5. The molecule has 0 radical (unpaired) electrons. The Morgan fingerprint density at radius 1 is 1.67 bits per heavy atom. The Labute approximate surface area is 91.2 Å². The minimum Gasteiger partial charge on any atom is -0.479 e. The normalized spacial score (nSPS) is 36.9. The molecule has 0 spiro atoms. The van der Waals surface area contributed by atoms with Crippen molar-refractivity contribution in [2.24, 2.45) is 5.92 Å². The predicted octanol–water partition coefficient (Wildman–Crippen LogP) is 0.193. The van der Waals surface area contributed by atoms with Gasteiger partial charge in [0.15, 0.2) is 0 Å². The summed E-state index contributed by atoms with van der Waals surface area (Å²) in [6.07, 6.45) is 1.02. The summed E-state index contributed by atoms with van der Waals surface area (Å²) in [6, 6.07) is 1.66. The number of carbonyl (C=O) groups excluding carboxylic acids is 1. The molecule has 0 aromatic carbocycles. The lowest BCUT2D eigenvalue weighted by Crippen LogP contribution is -2.54. The molecule has 5 nitrogen and oxygen atoms in total. The molecular formula is C9H9ClN2O3. The number of rotatable bonds is 2. The zero-order chi connectivity index (χ0) is 11.2. The second-order valence-corrected chi connectivity index (χ2v) is 4.21. The van der Waals surface area contributed by atoms with Crippen LogP contribution in [-0.2, 0) is 9.59 Å². The smallest absolute Gasteiger partial charge is 0.344 e. The van der Waals surface area contributed by atoms with Crippen molar-refractivity contribution in [3.8, 4) is 6.07 Å². The number of nitriles is 1. The lowest BCUT2D eigenvalue weighted by atomic mass is 9.95. The molecular weight excluding hydrogens is 220 g/mol. The van der Waals surface area contributed by atoms with Gasteiger partial charge < -0.3 is 10.0 Å². The summed E-state index contributed by atoms with van der Waals surface area (Å²) >= 11 is 5.41. The van der Waals surface area contributed by atoms with Crippen LogP contribution in [0.3, 0.4) is 0 Å². The largest absolute Gasteiger partial charge is 0.479 e. The van der Waals surface area contributed by atoms with Crippen LogP contribution in [0.5, 0.6) is 0 Å². The zero-order valence-corrected chi connectivity index (χ0v) is 8.57. The first-order valence-corrected chi connectivity index (χ1v) is 5.13. The van der Waals surface area contributed by atoms with Gasteiger partial charge in [-0.05, 0) is 12.3 Å². The molecule has 1 N–H and O–H groups in total. The fourth-order valence-corrected chi connectivity index (χ4v) is 2.46. The maximum Gasteiger partial charge on any atom is 0.344 e. The second kappa shape index (κ2) is 3.11. The number of carbonyl (C=O) groups is 2. The van der Waals surface area contributed by atoms with E-state index in [1.165, 1.54) is 0 Å². The number of fused-ring (bicyclic) bond motifs is 1. The Morgan fingerprint density at radius 3 is 2.80 bits per heavy atom. The lowest BCUT2D eigenvalue weighted by molar-refractivity contribution is -0.153. The predicted molar refractivity (Wildman–Crippen MR) is 50.1 cm³/mol. The summed E-state index contributed by atoms with van der Waals surface area (Å²) in [4.78, 5) is 23.8. The van der Waals surface area contributed by atoms with E-state index in [1.807, 2.05) is 0 Å². The van der Waals surface area contributed by atoms with Gasteiger partial charge in [0.25, 0.3) is 0 Å². The van der Waals surface area contributed by atoms with Crippen LogP contribution in [0.4, 0.5) is 0 Å². The maximum atomic E-state index is 11.5. The number of aliphatic carboxylic acids is 1. The fraction of sp³-hybridized carbons (Fsp3) is 0.667. The summed E-state index contributed by atoms with van der Waals surface area (Å²) in [5.41, 5.74) is -1.68. The third-order valence-electron chi connectivity index (χ3n) is 3.11. The molecule has 1 saturated carbocycles. The molecule has 0 bridgehead atoms. The zero-order valence-electron chi connectivity index (χ0n) is 7.81. The molecule has 1 amide bonds. The molecule has 15 heavy (non-hydrogen) atoms. The average Bonchev–Trinajstić information content (AvgIpc) is 2.88. The van der Waals surface area contributed by atoms with E-state index < -0.39 is 17.4 Å². The monoisotopic (exact) mass is 228 g/mol. The van der Waals surface area contributed by atoms with Gasteiger partial charge in [-0.1, -0.05) is 0 Å². The Balaban J connectivity index is 2.36. The van der Waals surface area contributed by atoms with Crippen molar-refractivity contribution in [1.82, 2.24) is 4.90 Å². The second-order valence-electron chi connectivity index (χ2n) is 3.94. The molecule has 1 heterocycles. The molecule has 0 aromatic rings. The van der Waals surface area contributed by atoms with Crippen LogP contribution in [0.25, 0.3) is 0 Å². The highest BCUT2D eigenvalue weighted by Gasteiger charge is 2.65. The first-order chi connectivity index (χ1) is 7.06. The number of alkyl halides is 1. The van der Waals surface area contributed by atoms with E-state index in [2.05, 4.69) is 0 Å². The number of hydrogen-bond donors (Lipinski definition) is 1. The van der Waals surface area contributed by atoms with E-state index in [-0.39, 0.29) is 24.3 Å². The van der Waals surface area contributed by atoms with Crippen molar-refractivity contribution in [2.45, 2.75) is 24.4 Å². The van der Waals surface area contributed by atoms with E-state index in [4.69, 9.17) is 22.0 Å². The third kappa shape index (κ3) is 1.21. The molecule has 2 aliphatic rings. The van der Waals surface area contributed by atoms with Gasteiger partial charge in [-0.2, -0.15) is 5.26 Å². The highest BCUT2D eigenvalue weighted by Crippen LogP contribution is 2.52. The number of nitrogens with zero attached hydrogens (tertiary/aromatic N) is 2. The number of likely N-dealkylation sites (tertiary alicyclic amines) is 1. The molecule has 1 saturated heterocycles. The first-order valence-electron chi connectivity index (χ1n) is 4.59. The van der Waals surface area contributed by atoms with Gasteiger partial charge >= 0.3 is 5.97 Å². The van der Waals surface area contributed by atoms with Gasteiger partial charge in [0, 0.05) is 12.5 Å². The van der Waals surface area contributed by atoms with Gasteiger partial charge in [0.1, 0.15) is 11.9 Å².